The molecule has 0 spiro atoms. The van der Waals surface area contributed by atoms with E-state index in [4.69, 9.17) is 5.11 Å². The van der Waals surface area contributed by atoms with Gasteiger partial charge in [0.15, 0.2) is 0 Å². The second-order valence-electron chi connectivity index (χ2n) is 4.83. The number of carbonyl (C=O) groups is 1. The van der Waals surface area contributed by atoms with Crippen LogP contribution in [0.2, 0.25) is 0 Å². The normalized spacial score (nSPS) is 11.0. The van der Waals surface area contributed by atoms with Gasteiger partial charge in [-0.25, -0.2) is 9.18 Å². The number of carboxylic acid groups (broad SMARTS) is 1. The molecule has 106 valence electrons. The standard InChI is InChI=1S/C16H12FNO3/c1-18-13-6-9(12-8-11(17)4-5-15(12)19)2-3-10(13)7-14(18)16(20)21/h2-8,19H,1H3,(H,20,21). The maximum Gasteiger partial charge on any atom is 0.352 e. The number of aryl methyl sites for hydroxylation is 1. The number of phenolic OH excluding ortho intramolecular Hbond substituents is 1. The molecular weight excluding hydrogens is 273 g/mol. The van der Waals surface area contributed by atoms with Crippen molar-refractivity contribution in [1.82, 2.24) is 4.57 Å². The molecule has 21 heavy (non-hydrogen) atoms. The van der Waals surface area contributed by atoms with E-state index in [-0.39, 0.29) is 11.4 Å². The lowest BCUT2D eigenvalue weighted by atomic mass is 10.0. The average Bonchev–Trinajstić information content (AvgIpc) is 2.79. The Morgan fingerprint density at radius 1 is 1.14 bits per heavy atom. The highest BCUT2D eigenvalue weighted by atomic mass is 19.1. The van der Waals surface area contributed by atoms with Crippen LogP contribution in [-0.4, -0.2) is 20.7 Å². The molecule has 0 unspecified atom stereocenters. The van der Waals surface area contributed by atoms with Crippen molar-refractivity contribution in [1.29, 1.82) is 0 Å². The number of hydrogen-bond donors (Lipinski definition) is 2. The average molecular weight is 285 g/mol. The van der Waals surface area contributed by atoms with Crippen LogP contribution < -0.4 is 0 Å². The fourth-order valence-electron chi connectivity index (χ4n) is 2.44. The number of benzene rings is 2. The molecular formula is C16H12FNO3. The summed E-state index contributed by atoms with van der Waals surface area (Å²) in [5.41, 5.74) is 1.87. The summed E-state index contributed by atoms with van der Waals surface area (Å²) in [4.78, 5) is 11.1. The van der Waals surface area contributed by atoms with Gasteiger partial charge in [0.2, 0.25) is 0 Å². The molecule has 0 atom stereocenters. The topological polar surface area (TPSA) is 62.5 Å². The van der Waals surface area contributed by atoms with Crippen LogP contribution in [0.25, 0.3) is 22.0 Å². The second-order valence-corrected chi connectivity index (χ2v) is 4.83. The number of aromatic hydroxyl groups is 1. The van der Waals surface area contributed by atoms with Gasteiger partial charge in [0.1, 0.15) is 17.3 Å². The van der Waals surface area contributed by atoms with Crippen LogP contribution in [-0.2, 0) is 7.05 Å². The molecule has 2 aromatic carbocycles. The molecule has 3 aromatic rings. The van der Waals surface area contributed by atoms with E-state index in [0.717, 1.165) is 5.39 Å². The highest BCUT2D eigenvalue weighted by Crippen LogP contribution is 2.32. The Morgan fingerprint density at radius 2 is 1.90 bits per heavy atom. The second kappa shape index (κ2) is 4.63. The predicted octanol–water partition coefficient (Wildman–Crippen LogP) is 3.39. The molecule has 0 fully saturated rings. The van der Waals surface area contributed by atoms with Crippen LogP contribution in [0.3, 0.4) is 0 Å². The Bertz CT molecular complexity index is 867. The number of rotatable bonds is 2. The van der Waals surface area contributed by atoms with Crippen LogP contribution in [0.4, 0.5) is 4.39 Å². The molecule has 0 bridgehead atoms. The van der Waals surface area contributed by atoms with Crippen molar-refractivity contribution >= 4 is 16.9 Å². The molecule has 4 nitrogen and oxygen atoms in total. The molecule has 0 aliphatic heterocycles. The van der Waals surface area contributed by atoms with E-state index >= 15 is 0 Å². The molecule has 0 amide bonds. The molecule has 0 aliphatic carbocycles. The number of aromatic carboxylic acids is 1. The van der Waals surface area contributed by atoms with Gasteiger partial charge in [-0.2, -0.15) is 0 Å². The zero-order valence-corrected chi connectivity index (χ0v) is 11.2. The summed E-state index contributed by atoms with van der Waals surface area (Å²) in [7, 11) is 1.65. The first-order chi connectivity index (χ1) is 9.97. The van der Waals surface area contributed by atoms with Gasteiger partial charge < -0.3 is 14.8 Å². The quantitative estimate of drug-likeness (QED) is 0.758. The van der Waals surface area contributed by atoms with Crippen molar-refractivity contribution in [3.63, 3.8) is 0 Å². The summed E-state index contributed by atoms with van der Waals surface area (Å²) in [5.74, 6) is -1.48. The first kappa shape index (κ1) is 13.2. The third-order valence-electron chi connectivity index (χ3n) is 3.53. The lowest BCUT2D eigenvalue weighted by Crippen LogP contribution is -2.03. The Kier molecular flexibility index (Phi) is 2.90. The third-order valence-corrected chi connectivity index (χ3v) is 3.53. The SMILES string of the molecule is Cn1c(C(=O)O)cc2ccc(-c3cc(F)ccc3O)cc21. The zero-order chi connectivity index (χ0) is 15.1. The van der Waals surface area contributed by atoms with Crippen LogP contribution >= 0.6 is 0 Å². The number of fused-ring (bicyclic) bond motifs is 1. The molecule has 1 heterocycles. The largest absolute Gasteiger partial charge is 0.507 e. The summed E-state index contributed by atoms with van der Waals surface area (Å²) >= 11 is 0. The number of halogens is 1. The van der Waals surface area contributed by atoms with E-state index in [1.54, 1.807) is 35.9 Å². The number of nitrogens with zero attached hydrogens (tertiary/aromatic N) is 1. The minimum Gasteiger partial charge on any atom is -0.507 e. The molecule has 3 rings (SSSR count). The minimum absolute atomic E-state index is 0.0246. The Hall–Kier alpha value is -2.82. The fourth-order valence-corrected chi connectivity index (χ4v) is 2.44. The fraction of sp³-hybridized carbons (Fsp3) is 0.0625. The van der Waals surface area contributed by atoms with Gasteiger partial charge in [-0.3, -0.25) is 0 Å². The molecule has 0 aliphatic rings. The summed E-state index contributed by atoms with van der Waals surface area (Å²) in [6, 6.07) is 10.5. The van der Waals surface area contributed by atoms with Gasteiger partial charge in [0, 0.05) is 23.5 Å². The smallest absolute Gasteiger partial charge is 0.352 e. The lowest BCUT2D eigenvalue weighted by molar-refractivity contribution is 0.0687. The van der Waals surface area contributed by atoms with Crippen molar-refractivity contribution in [3.8, 4) is 16.9 Å². The first-order valence-corrected chi connectivity index (χ1v) is 6.29. The van der Waals surface area contributed by atoms with Crippen molar-refractivity contribution in [2.75, 3.05) is 0 Å². The molecule has 1 aromatic heterocycles. The molecule has 2 N–H and O–H groups in total. The predicted molar refractivity (Wildman–Crippen MR) is 76.9 cm³/mol. The summed E-state index contributed by atoms with van der Waals surface area (Å²) in [5, 5.41) is 19.8. The molecule has 0 saturated heterocycles. The first-order valence-electron chi connectivity index (χ1n) is 6.29. The van der Waals surface area contributed by atoms with Crippen molar-refractivity contribution < 1.29 is 19.4 Å². The Balaban J connectivity index is 2.23. The van der Waals surface area contributed by atoms with E-state index in [2.05, 4.69) is 0 Å². The van der Waals surface area contributed by atoms with Gasteiger partial charge in [0.25, 0.3) is 0 Å². The van der Waals surface area contributed by atoms with Crippen LogP contribution in [0.1, 0.15) is 10.5 Å². The van der Waals surface area contributed by atoms with Gasteiger partial charge in [0.05, 0.1) is 0 Å². The Labute approximate surface area is 119 Å². The zero-order valence-electron chi connectivity index (χ0n) is 11.2. The summed E-state index contributed by atoms with van der Waals surface area (Å²) in [6.07, 6.45) is 0. The maximum atomic E-state index is 13.3. The monoisotopic (exact) mass is 285 g/mol. The van der Waals surface area contributed by atoms with Gasteiger partial charge in [-0.05, 0) is 35.9 Å². The summed E-state index contributed by atoms with van der Waals surface area (Å²) < 4.78 is 14.9. The highest BCUT2D eigenvalue weighted by Gasteiger charge is 2.13. The van der Waals surface area contributed by atoms with Crippen LogP contribution in [0.5, 0.6) is 5.75 Å². The van der Waals surface area contributed by atoms with Crippen molar-refractivity contribution in [3.05, 3.63) is 54.0 Å². The van der Waals surface area contributed by atoms with Gasteiger partial charge in [-0.1, -0.05) is 12.1 Å². The highest BCUT2D eigenvalue weighted by molar-refractivity contribution is 5.96. The summed E-state index contributed by atoms with van der Waals surface area (Å²) in [6.45, 7) is 0. The number of aromatic nitrogens is 1. The van der Waals surface area contributed by atoms with Crippen LogP contribution in [0.15, 0.2) is 42.5 Å². The lowest BCUT2D eigenvalue weighted by Gasteiger charge is -2.06. The van der Waals surface area contributed by atoms with Crippen molar-refractivity contribution in [2.24, 2.45) is 7.05 Å². The van der Waals surface area contributed by atoms with Gasteiger partial charge >= 0.3 is 5.97 Å². The molecule has 5 heteroatoms. The van der Waals surface area contributed by atoms with E-state index in [1.165, 1.54) is 18.2 Å². The van der Waals surface area contributed by atoms with E-state index < -0.39 is 11.8 Å². The number of phenols is 1. The van der Waals surface area contributed by atoms with Crippen LogP contribution in [0, 0.1) is 5.82 Å². The van der Waals surface area contributed by atoms with E-state index in [1.807, 2.05) is 0 Å². The Morgan fingerprint density at radius 3 is 2.62 bits per heavy atom. The third kappa shape index (κ3) is 2.12. The minimum atomic E-state index is -1.01. The maximum absolute atomic E-state index is 13.3. The van der Waals surface area contributed by atoms with E-state index in [9.17, 15) is 14.3 Å². The number of hydrogen-bond acceptors (Lipinski definition) is 2. The molecule has 0 radical (unpaired) electrons. The van der Waals surface area contributed by atoms with Gasteiger partial charge in [-0.15, -0.1) is 0 Å². The molecule has 0 saturated carbocycles. The number of carboxylic acids is 1. The van der Waals surface area contributed by atoms with E-state index in [0.29, 0.717) is 16.6 Å². The van der Waals surface area contributed by atoms with Crippen molar-refractivity contribution in [2.45, 2.75) is 0 Å².